The topological polar surface area (TPSA) is 51.5 Å². The summed E-state index contributed by atoms with van der Waals surface area (Å²) in [5.74, 6) is -0.515. The van der Waals surface area contributed by atoms with E-state index in [0.717, 1.165) is 15.6 Å². The monoisotopic (exact) mass is 380 g/mol. The number of halogens is 1. The second-order valence-corrected chi connectivity index (χ2v) is 5.85. The van der Waals surface area contributed by atoms with Crippen LogP contribution in [0.5, 0.6) is 0 Å². The second kappa shape index (κ2) is 7.66. The third-order valence-corrected chi connectivity index (χ3v) is 3.77. The Morgan fingerprint density at radius 3 is 2.25 bits per heavy atom. The number of hydrogen-bond donors (Lipinski definition) is 0. The zero-order chi connectivity index (χ0) is 16.8. The van der Waals surface area contributed by atoms with Gasteiger partial charge >= 0.3 is 5.97 Å². The van der Waals surface area contributed by atoms with Crippen molar-refractivity contribution in [2.75, 3.05) is 0 Å². The van der Waals surface area contributed by atoms with Crippen molar-refractivity contribution in [3.8, 4) is 0 Å². The number of pyridine rings is 1. The third-order valence-electron chi connectivity index (χ3n) is 3.28. The summed E-state index contributed by atoms with van der Waals surface area (Å²) in [5, 5.41) is 4.09. The lowest BCUT2D eigenvalue weighted by molar-refractivity contribution is 0.0517. The molecular weight excluding hydrogens is 368 g/mol. The summed E-state index contributed by atoms with van der Waals surface area (Å²) >= 11 is 3.33. The minimum absolute atomic E-state index is 0.426. The molecule has 0 aliphatic heterocycles. The van der Waals surface area contributed by atoms with E-state index in [1.54, 1.807) is 30.6 Å². The highest BCUT2D eigenvalue weighted by atomic mass is 79.9. The van der Waals surface area contributed by atoms with Crippen LogP contribution in [0.15, 0.2) is 88.8 Å². The molecule has 2 aromatic carbocycles. The zero-order valence-corrected chi connectivity index (χ0v) is 14.2. The Morgan fingerprint density at radius 1 is 0.875 bits per heavy atom. The van der Waals surface area contributed by atoms with Gasteiger partial charge < -0.3 is 4.84 Å². The number of benzene rings is 2. The first-order valence-corrected chi connectivity index (χ1v) is 8.04. The largest absolute Gasteiger partial charge is 0.365 e. The van der Waals surface area contributed by atoms with E-state index in [-0.39, 0.29) is 0 Å². The molecule has 0 aliphatic rings. The molecule has 0 bridgehead atoms. The van der Waals surface area contributed by atoms with Gasteiger partial charge in [-0.15, -0.1) is 0 Å². The van der Waals surface area contributed by atoms with Crippen molar-refractivity contribution < 1.29 is 9.63 Å². The highest BCUT2D eigenvalue weighted by molar-refractivity contribution is 9.10. The Kier molecular flexibility index (Phi) is 5.13. The molecule has 4 nitrogen and oxygen atoms in total. The van der Waals surface area contributed by atoms with Gasteiger partial charge in [0.2, 0.25) is 0 Å². The summed E-state index contributed by atoms with van der Waals surface area (Å²) in [6.45, 7) is 0. The fourth-order valence-corrected chi connectivity index (χ4v) is 2.53. The van der Waals surface area contributed by atoms with Gasteiger partial charge in [0.15, 0.2) is 0 Å². The van der Waals surface area contributed by atoms with E-state index in [0.29, 0.717) is 11.3 Å². The maximum Gasteiger partial charge on any atom is 0.365 e. The lowest BCUT2D eigenvalue weighted by atomic mass is 10.0. The van der Waals surface area contributed by atoms with Gasteiger partial charge in [0, 0.05) is 28.0 Å². The molecule has 3 aromatic rings. The van der Waals surface area contributed by atoms with Gasteiger partial charge in [0.1, 0.15) is 5.71 Å². The van der Waals surface area contributed by atoms with Crippen LogP contribution in [0.2, 0.25) is 0 Å². The van der Waals surface area contributed by atoms with Crippen LogP contribution in [0.4, 0.5) is 0 Å². The van der Waals surface area contributed by atoms with Crippen LogP contribution in [0.3, 0.4) is 0 Å². The van der Waals surface area contributed by atoms with Gasteiger partial charge in [0.25, 0.3) is 0 Å². The third kappa shape index (κ3) is 3.94. The number of rotatable bonds is 4. The van der Waals surface area contributed by atoms with Gasteiger partial charge in [-0.1, -0.05) is 57.5 Å². The molecule has 5 heteroatoms. The molecule has 0 unspecified atom stereocenters. The van der Waals surface area contributed by atoms with Crippen LogP contribution in [-0.4, -0.2) is 16.7 Å². The van der Waals surface area contributed by atoms with Gasteiger partial charge in [-0.3, -0.25) is 4.98 Å². The Hall–Kier alpha value is -2.79. The number of oxime groups is 1. The molecule has 0 saturated heterocycles. The normalized spacial score (nSPS) is 11.1. The molecule has 0 saturated carbocycles. The summed E-state index contributed by atoms with van der Waals surface area (Å²) in [4.78, 5) is 21.4. The van der Waals surface area contributed by atoms with Crippen molar-refractivity contribution in [1.82, 2.24) is 4.98 Å². The van der Waals surface area contributed by atoms with Crippen LogP contribution in [-0.2, 0) is 4.84 Å². The molecule has 1 heterocycles. The summed E-state index contributed by atoms with van der Waals surface area (Å²) < 4.78 is 0.804. The number of carbonyl (C=O) groups is 1. The predicted octanol–water partition coefficient (Wildman–Crippen LogP) is 4.45. The Morgan fingerprint density at radius 2 is 1.54 bits per heavy atom. The SMILES string of the molecule is O=C(O/N=C(\c1ccccc1)c1ccncc1)c1cccc(Br)c1. The first-order chi connectivity index (χ1) is 11.7. The van der Waals surface area contributed by atoms with Crippen molar-refractivity contribution in [2.45, 2.75) is 0 Å². The molecule has 118 valence electrons. The van der Waals surface area contributed by atoms with Crippen LogP contribution in [0.1, 0.15) is 21.5 Å². The van der Waals surface area contributed by atoms with Crippen molar-refractivity contribution >= 4 is 27.6 Å². The van der Waals surface area contributed by atoms with Crippen molar-refractivity contribution in [3.05, 3.63) is 100 Å². The van der Waals surface area contributed by atoms with E-state index in [9.17, 15) is 4.79 Å². The minimum Gasteiger partial charge on any atom is -0.312 e. The minimum atomic E-state index is -0.515. The smallest absolute Gasteiger partial charge is 0.312 e. The van der Waals surface area contributed by atoms with Crippen LogP contribution >= 0.6 is 15.9 Å². The first kappa shape index (κ1) is 16.1. The summed E-state index contributed by atoms with van der Waals surface area (Å²) in [6.07, 6.45) is 3.34. The predicted molar refractivity (Wildman–Crippen MR) is 95.9 cm³/mol. The first-order valence-electron chi connectivity index (χ1n) is 7.25. The van der Waals surface area contributed by atoms with E-state index in [1.807, 2.05) is 48.5 Å². The molecule has 24 heavy (non-hydrogen) atoms. The molecule has 1 aromatic heterocycles. The van der Waals surface area contributed by atoms with Gasteiger partial charge in [0.05, 0.1) is 5.56 Å². The fraction of sp³-hybridized carbons (Fsp3) is 0. The molecule has 0 N–H and O–H groups in total. The van der Waals surface area contributed by atoms with Crippen molar-refractivity contribution in [1.29, 1.82) is 0 Å². The average molecular weight is 381 g/mol. The number of nitrogens with zero attached hydrogens (tertiary/aromatic N) is 2. The molecule has 0 spiro atoms. The van der Waals surface area contributed by atoms with Gasteiger partial charge in [-0.25, -0.2) is 4.79 Å². The molecule has 0 radical (unpaired) electrons. The highest BCUT2D eigenvalue weighted by Gasteiger charge is 2.11. The molecular formula is C19H13BrN2O2. The summed E-state index contributed by atoms with van der Waals surface area (Å²) in [6, 6.07) is 20.2. The number of aromatic nitrogens is 1. The number of carbonyl (C=O) groups excluding carboxylic acids is 1. The standard InChI is InChI=1S/C19H13BrN2O2/c20-17-8-4-7-16(13-17)19(23)24-22-18(14-5-2-1-3-6-14)15-9-11-21-12-10-15/h1-13H/b22-18+. The van der Waals surface area contributed by atoms with E-state index >= 15 is 0 Å². The zero-order valence-electron chi connectivity index (χ0n) is 12.6. The van der Waals surface area contributed by atoms with E-state index in [2.05, 4.69) is 26.1 Å². The number of hydrogen-bond acceptors (Lipinski definition) is 4. The molecule has 0 atom stereocenters. The highest BCUT2D eigenvalue weighted by Crippen LogP contribution is 2.14. The van der Waals surface area contributed by atoms with E-state index in [1.165, 1.54) is 0 Å². The quantitative estimate of drug-likeness (QED) is 0.381. The fourth-order valence-electron chi connectivity index (χ4n) is 2.13. The molecule has 0 amide bonds. The average Bonchev–Trinajstić information content (AvgIpc) is 2.63. The summed E-state index contributed by atoms with van der Waals surface area (Å²) in [7, 11) is 0. The Balaban J connectivity index is 1.91. The van der Waals surface area contributed by atoms with Crippen LogP contribution in [0.25, 0.3) is 0 Å². The van der Waals surface area contributed by atoms with Crippen molar-refractivity contribution in [3.63, 3.8) is 0 Å². The van der Waals surface area contributed by atoms with Crippen LogP contribution < -0.4 is 0 Å². The lowest BCUT2D eigenvalue weighted by Crippen LogP contribution is -2.08. The Labute approximate surface area is 147 Å². The van der Waals surface area contributed by atoms with Gasteiger partial charge in [-0.05, 0) is 30.3 Å². The van der Waals surface area contributed by atoms with Gasteiger partial charge in [-0.2, -0.15) is 0 Å². The lowest BCUT2D eigenvalue weighted by Gasteiger charge is -2.06. The molecule has 0 aliphatic carbocycles. The Bertz CT molecular complexity index is 823. The molecule has 0 fully saturated rings. The van der Waals surface area contributed by atoms with E-state index < -0.39 is 5.97 Å². The maximum atomic E-state index is 12.2. The second-order valence-electron chi connectivity index (χ2n) is 4.93. The van der Waals surface area contributed by atoms with Crippen molar-refractivity contribution in [2.24, 2.45) is 5.16 Å². The summed E-state index contributed by atoms with van der Waals surface area (Å²) in [5.41, 5.74) is 2.67. The van der Waals surface area contributed by atoms with E-state index in [4.69, 9.17) is 4.84 Å². The van der Waals surface area contributed by atoms with Crippen LogP contribution in [0, 0.1) is 0 Å². The maximum absolute atomic E-state index is 12.2. The molecule has 3 rings (SSSR count).